The largest absolute Gasteiger partial charge is 0.300 e. The summed E-state index contributed by atoms with van der Waals surface area (Å²) in [5.74, 6) is -0.156. The third-order valence-electron chi connectivity index (χ3n) is 4.56. The van der Waals surface area contributed by atoms with E-state index < -0.39 is 20.9 Å². The molecule has 0 bridgehead atoms. The Morgan fingerprint density at radius 2 is 1.81 bits per heavy atom. The number of non-ortho nitro benzene ring substituents is 1. The van der Waals surface area contributed by atoms with E-state index in [4.69, 9.17) is 0 Å². The number of nitrogens with zero attached hydrogens (tertiary/aromatic N) is 3. The van der Waals surface area contributed by atoms with E-state index in [-0.39, 0.29) is 29.5 Å². The van der Waals surface area contributed by atoms with Gasteiger partial charge in [-0.1, -0.05) is 48.6 Å². The number of carbonyl (C=O) groups excluding carboxylic acids is 1. The van der Waals surface area contributed by atoms with Gasteiger partial charge in [-0.2, -0.15) is 0 Å². The van der Waals surface area contributed by atoms with Crippen LogP contribution in [0, 0.1) is 10.1 Å². The maximum atomic E-state index is 12.2. The zero-order valence-corrected chi connectivity index (χ0v) is 18.7. The molecule has 1 unspecified atom stereocenters. The third-order valence-corrected chi connectivity index (χ3v) is 6.90. The molecule has 12 heteroatoms. The number of nitro benzene ring substituents is 1. The number of nitrogens with one attached hydrogen (secondary N) is 2. The molecule has 0 aliphatic carbocycles. The fourth-order valence-corrected chi connectivity index (χ4v) is 4.78. The van der Waals surface area contributed by atoms with Crippen molar-refractivity contribution in [2.24, 2.45) is 0 Å². The van der Waals surface area contributed by atoms with Crippen molar-refractivity contribution in [2.75, 3.05) is 11.9 Å². The van der Waals surface area contributed by atoms with Crippen LogP contribution in [0.1, 0.15) is 29.8 Å². The molecule has 0 aliphatic heterocycles. The number of amides is 1. The van der Waals surface area contributed by atoms with Crippen molar-refractivity contribution < 1.29 is 18.1 Å². The van der Waals surface area contributed by atoms with E-state index in [1.807, 2.05) is 30.3 Å². The Hall–Kier alpha value is -3.22. The normalized spacial score (nSPS) is 12.3. The average Bonchev–Trinajstić information content (AvgIpc) is 3.20. The number of carbonyl (C=O) groups is 1. The minimum Gasteiger partial charge on any atom is -0.300 e. The number of rotatable bonds is 10. The zero-order valence-electron chi connectivity index (χ0n) is 17.1. The molecule has 1 aromatic heterocycles. The number of nitro groups is 1. The van der Waals surface area contributed by atoms with Crippen molar-refractivity contribution in [3.05, 3.63) is 75.3 Å². The van der Waals surface area contributed by atoms with Gasteiger partial charge in [0.25, 0.3) is 5.69 Å². The third kappa shape index (κ3) is 6.39. The average molecular weight is 476 g/mol. The quantitative estimate of drug-likeness (QED) is 0.338. The van der Waals surface area contributed by atoms with E-state index >= 15 is 0 Å². The summed E-state index contributed by atoms with van der Waals surface area (Å²) in [5.41, 5.74) is 0.978. The zero-order chi connectivity index (χ0) is 23.1. The first-order chi connectivity index (χ1) is 15.2. The standard InChI is InChI=1S/C20H21N5O5S2/c1-14(15-5-3-2-4-6-15)13-19-23-24-20(31-19)22-18(26)11-12-21-32(29,30)17-9-7-16(8-10-17)25(27)28/h2-10,14,21H,11-13H2,1H3,(H,22,24,26). The predicted octanol–water partition coefficient (Wildman–Crippen LogP) is 3.10. The lowest BCUT2D eigenvalue weighted by atomic mass is 9.98. The van der Waals surface area contributed by atoms with Gasteiger partial charge in [0, 0.05) is 31.5 Å². The van der Waals surface area contributed by atoms with Crippen LogP contribution >= 0.6 is 11.3 Å². The van der Waals surface area contributed by atoms with Gasteiger partial charge in [0.15, 0.2) is 0 Å². The Morgan fingerprint density at radius 3 is 2.47 bits per heavy atom. The molecule has 3 aromatic rings. The second-order valence-corrected chi connectivity index (χ2v) is 9.79. The molecule has 0 radical (unpaired) electrons. The first-order valence-electron chi connectivity index (χ1n) is 9.66. The van der Waals surface area contributed by atoms with E-state index in [9.17, 15) is 23.3 Å². The van der Waals surface area contributed by atoms with Crippen LogP contribution in [-0.2, 0) is 21.2 Å². The predicted molar refractivity (Wildman–Crippen MR) is 120 cm³/mol. The smallest absolute Gasteiger partial charge is 0.269 e. The summed E-state index contributed by atoms with van der Waals surface area (Å²) in [6.45, 7) is 1.95. The van der Waals surface area contributed by atoms with Gasteiger partial charge in [0.2, 0.25) is 21.1 Å². The van der Waals surface area contributed by atoms with Crippen molar-refractivity contribution in [3.8, 4) is 0 Å². The molecule has 1 amide bonds. The molecule has 168 valence electrons. The fourth-order valence-electron chi connectivity index (χ4n) is 2.86. The van der Waals surface area contributed by atoms with Crippen LogP contribution in [0.5, 0.6) is 0 Å². The SMILES string of the molecule is CC(Cc1nnc(NC(=O)CCNS(=O)(=O)c2ccc([N+](=O)[O-])cc2)s1)c1ccccc1. The van der Waals surface area contributed by atoms with Crippen LogP contribution < -0.4 is 10.0 Å². The van der Waals surface area contributed by atoms with Crippen LogP contribution in [0.4, 0.5) is 10.8 Å². The van der Waals surface area contributed by atoms with E-state index in [0.29, 0.717) is 11.6 Å². The monoisotopic (exact) mass is 475 g/mol. The lowest BCUT2D eigenvalue weighted by Crippen LogP contribution is -2.27. The number of benzene rings is 2. The molecule has 1 heterocycles. The number of aromatic nitrogens is 2. The van der Waals surface area contributed by atoms with Gasteiger partial charge in [-0.25, -0.2) is 13.1 Å². The van der Waals surface area contributed by atoms with Crippen molar-refractivity contribution in [1.82, 2.24) is 14.9 Å². The van der Waals surface area contributed by atoms with E-state index in [2.05, 4.69) is 27.2 Å². The van der Waals surface area contributed by atoms with Gasteiger partial charge in [-0.15, -0.1) is 10.2 Å². The summed E-state index contributed by atoms with van der Waals surface area (Å²) in [7, 11) is -3.88. The second kappa shape index (κ2) is 10.4. The summed E-state index contributed by atoms with van der Waals surface area (Å²) in [6, 6.07) is 14.5. The highest BCUT2D eigenvalue weighted by Crippen LogP contribution is 2.24. The Balaban J connectivity index is 1.47. The molecule has 2 aromatic carbocycles. The van der Waals surface area contributed by atoms with Crippen LogP contribution in [0.25, 0.3) is 0 Å². The maximum absolute atomic E-state index is 12.2. The summed E-state index contributed by atoms with van der Waals surface area (Å²) >= 11 is 1.28. The summed E-state index contributed by atoms with van der Waals surface area (Å²) in [6.07, 6.45) is 0.578. The lowest BCUT2D eigenvalue weighted by molar-refractivity contribution is -0.384. The van der Waals surface area contributed by atoms with Gasteiger partial charge in [-0.3, -0.25) is 14.9 Å². The lowest BCUT2D eigenvalue weighted by Gasteiger charge is -2.08. The molecule has 3 rings (SSSR count). The van der Waals surface area contributed by atoms with Gasteiger partial charge in [-0.05, 0) is 23.6 Å². The minimum absolute atomic E-state index is 0.110. The molecule has 10 nitrogen and oxygen atoms in total. The Morgan fingerprint density at radius 1 is 1.12 bits per heavy atom. The minimum atomic E-state index is -3.88. The van der Waals surface area contributed by atoms with Gasteiger partial charge in [0.1, 0.15) is 5.01 Å². The van der Waals surface area contributed by atoms with Crippen LogP contribution in [0.2, 0.25) is 0 Å². The number of hydrogen-bond donors (Lipinski definition) is 2. The van der Waals surface area contributed by atoms with Crippen molar-refractivity contribution >= 4 is 38.1 Å². The topological polar surface area (TPSA) is 144 Å². The molecular formula is C20H21N5O5S2. The number of sulfonamides is 1. The van der Waals surface area contributed by atoms with Gasteiger partial charge < -0.3 is 5.32 Å². The molecule has 0 saturated carbocycles. The molecule has 0 saturated heterocycles. The summed E-state index contributed by atoms with van der Waals surface area (Å²) in [4.78, 5) is 22.1. The Kier molecular flexibility index (Phi) is 7.62. The number of hydrogen-bond acceptors (Lipinski definition) is 8. The highest BCUT2D eigenvalue weighted by molar-refractivity contribution is 7.89. The van der Waals surface area contributed by atoms with Crippen LogP contribution in [0.15, 0.2) is 59.5 Å². The molecule has 0 fully saturated rings. The summed E-state index contributed by atoms with van der Waals surface area (Å²) < 4.78 is 26.8. The van der Waals surface area contributed by atoms with Gasteiger partial charge >= 0.3 is 0 Å². The van der Waals surface area contributed by atoms with Crippen molar-refractivity contribution in [3.63, 3.8) is 0 Å². The number of anilines is 1. The fraction of sp³-hybridized carbons (Fsp3) is 0.250. The molecule has 0 aliphatic rings. The first kappa shape index (κ1) is 23.4. The van der Waals surface area contributed by atoms with E-state index in [1.165, 1.54) is 16.9 Å². The van der Waals surface area contributed by atoms with Crippen LogP contribution in [-0.4, -0.2) is 36.0 Å². The van der Waals surface area contributed by atoms with E-state index in [0.717, 1.165) is 29.3 Å². The molecular weight excluding hydrogens is 454 g/mol. The van der Waals surface area contributed by atoms with E-state index in [1.54, 1.807) is 0 Å². The van der Waals surface area contributed by atoms with Crippen molar-refractivity contribution in [1.29, 1.82) is 0 Å². The Bertz CT molecular complexity index is 1180. The maximum Gasteiger partial charge on any atom is 0.269 e. The molecule has 2 N–H and O–H groups in total. The molecule has 32 heavy (non-hydrogen) atoms. The second-order valence-electron chi connectivity index (χ2n) is 6.96. The van der Waals surface area contributed by atoms with Crippen molar-refractivity contribution in [2.45, 2.75) is 30.6 Å². The highest BCUT2D eigenvalue weighted by atomic mass is 32.2. The van der Waals surface area contributed by atoms with Crippen LogP contribution in [0.3, 0.4) is 0 Å². The Labute approximate surface area is 188 Å². The first-order valence-corrected chi connectivity index (χ1v) is 12.0. The summed E-state index contributed by atoms with van der Waals surface area (Å²) in [5, 5.41) is 22.5. The molecule has 1 atom stereocenters. The highest BCUT2D eigenvalue weighted by Gasteiger charge is 2.17. The molecule has 0 spiro atoms. The van der Waals surface area contributed by atoms with Gasteiger partial charge in [0.05, 0.1) is 9.82 Å².